The summed E-state index contributed by atoms with van der Waals surface area (Å²) in [7, 11) is 0. The largest absolute Gasteiger partial charge is 0.493 e. The van der Waals surface area contributed by atoms with Crippen molar-refractivity contribution in [1.82, 2.24) is 5.32 Å². The molecule has 20 heavy (non-hydrogen) atoms. The van der Waals surface area contributed by atoms with E-state index in [1.807, 2.05) is 18.2 Å². The van der Waals surface area contributed by atoms with Crippen LogP contribution in [0.5, 0.6) is 5.75 Å². The molecule has 1 atom stereocenters. The Bertz CT molecular complexity index is 617. The zero-order valence-electron chi connectivity index (χ0n) is 10.9. The molecular weight excluding hydrogens is 321 g/mol. The van der Waals surface area contributed by atoms with Crippen molar-refractivity contribution in [3.8, 4) is 5.75 Å². The van der Waals surface area contributed by atoms with E-state index in [9.17, 15) is 4.39 Å². The third kappa shape index (κ3) is 2.86. The van der Waals surface area contributed by atoms with Crippen molar-refractivity contribution in [3.63, 3.8) is 0 Å². The molecule has 0 amide bonds. The average molecular weight is 336 g/mol. The van der Waals surface area contributed by atoms with Crippen molar-refractivity contribution in [1.29, 1.82) is 0 Å². The maximum Gasteiger partial charge on any atom is 0.123 e. The third-order valence-corrected chi connectivity index (χ3v) is 4.29. The van der Waals surface area contributed by atoms with Crippen LogP contribution >= 0.6 is 15.9 Å². The standard InChI is InChI=1S/C16H15BrFNO/c17-15-6-5-13(18)7-11(15)8-19-9-12-10-20-16-4-2-1-3-14(12)16/h1-7,12,19H,8-10H2. The molecule has 3 rings (SSSR count). The highest BCUT2D eigenvalue weighted by Crippen LogP contribution is 2.32. The number of rotatable bonds is 4. The van der Waals surface area contributed by atoms with Crippen molar-refractivity contribution in [2.24, 2.45) is 0 Å². The van der Waals surface area contributed by atoms with Crippen LogP contribution in [0.1, 0.15) is 17.0 Å². The van der Waals surface area contributed by atoms with Crippen LogP contribution in [0.2, 0.25) is 0 Å². The number of fused-ring (bicyclic) bond motifs is 1. The highest BCUT2D eigenvalue weighted by Gasteiger charge is 2.22. The van der Waals surface area contributed by atoms with Gasteiger partial charge in [-0.25, -0.2) is 4.39 Å². The SMILES string of the molecule is Fc1ccc(Br)c(CNCC2COc3ccccc32)c1. The maximum atomic E-state index is 13.2. The number of nitrogens with one attached hydrogen (secondary N) is 1. The molecule has 1 aliphatic rings. The summed E-state index contributed by atoms with van der Waals surface area (Å²) in [5.41, 5.74) is 2.18. The van der Waals surface area contributed by atoms with E-state index in [2.05, 4.69) is 27.3 Å². The first-order valence-electron chi connectivity index (χ1n) is 6.60. The van der Waals surface area contributed by atoms with Gasteiger partial charge in [-0.1, -0.05) is 34.1 Å². The molecule has 0 bridgehead atoms. The summed E-state index contributed by atoms with van der Waals surface area (Å²) < 4.78 is 19.8. The summed E-state index contributed by atoms with van der Waals surface area (Å²) in [5, 5.41) is 3.38. The summed E-state index contributed by atoms with van der Waals surface area (Å²) in [6.45, 7) is 2.16. The lowest BCUT2D eigenvalue weighted by atomic mass is 10.0. The highest BCUT2D eigenvalue weighted by molar-refractivity contribution is 9.10. The highest BCUT2D eigenvalue weighted by atomic mass is 79.9. The minimum Gasteiger partial charge on any atom is -0.493 e. The number of halogens is 2. The summed E-state index contributed by atoms with van der Waals surface area (Å²) in [6.07, 6.45) is 0. The molecule has 1 N–H and O–H groups in total. The third-order valence-electron chi connectivity index (χ3n) is 3.51. The molecule has 0 fully saturated rings. The van der Waals surface area contributed by atoms with Gasteiger partial charge >= 0.3 is 0 Å². The molecule has 0 radical (unpaired) electrons. The molecule has 0 aliphatic carbocycles. The average Bonchev–Trinajstić information content (AvgIpc) is 2.86. The van der Waals surface area contributed by atoms with Gasteiger partial charge in [-0.15, -0.1) is 0 Å². The monoisotopic (exact) mass is 335 g/mol. The lowest BCUT2D eigenvalue weighted by Gasteiger charge is -2.11. The van der Waals surface area contributed by atoms with Crippen molar-refractivity contribution in [2.75, 3.05) is 13.2 Å². The topological polar surface area (TPSA) is 21.3 Å². The molecule has 2 aromatic carbocycles. The normalized spacial score (nSPS) is 16.8. The van der Waals surface area contributed by atoms with E-state index in [0.29, 0.717) is 19.1 Å². The Hall–Kier alpha value is -1.39. The van der Waals surface area contributed by atoms with E-state index in [-0.39, 0.29) is 5.82 Å². The molecule has 0 saturated heterocycles. The Morgan fingerprint density at radius 2 is 2.10 bits per heavy atom. The first-order valence-corrected chi connectivity index (χ1v) is 7.39. The zero-order chi connectivity index (χ0) is 13.9. The Balaban J connectivity index is 1.60. The van der Waals surface area contributed by atoms with Gasteiger partial charge in [0.1, 0.15) is 11.6 Å². The Kier molecular flexibility index (Phi) is 4.03. The fourth-order valence-corrected chi connectivity index (χ4v) is 2.84. The van der Waals surface area contributed by atoms with Crippen LogP contribution in [0, 0.1) is 5.82 Å². The smallest absolute Gasteiger partial charge is 0.123 e. The van der Waals surface area contributed by atoms with Crippen LogP contribution in [-0.2, 0) is 6.54 Å². The number of hydrogen-bond acceptors (Lipinski definition) is 2. The predicted molar refractivity (Wildman–Crippen MR) is 80.5 cm³/mol. The number of benzene rings is 2. The van der Waals surface area contributed by atoms with Crippen molar-refractivity contribution < 1.29 is 9.13 Å². The van der Waals surface area contributed by atoms with E-state index in [1.165, 1.54) is 11.6 Å². The second kappa shape index (κ2) is 5.94. The molecular formula is C16H15BrFNO. The first-order chi connectivity index (χ1) is 9.74. The fourth-order valence-electron chi connectivity index (χ4n) is 2.46. The maximum absolute atomic E-state index is 13.2. The van der Waals surface area contributed by atoms with Crippen LogP contribution < -0.4 is 10.1 Å². The molecule has 0 spiro atoms. The minimum atomic E-state index is -0.209. The van der Waals surface area contributed by atoms with Gasteiger partial charge in [-0.2, -0.15) is 0 Å². The van der Waals surface area contributed by atoms with Gasteiger partial charge < -0.3 is 10.1 Å². The van der Waals surface area contributed by atoms with Gasteiger partial charge in [-0.05, 0) is 29.8 Å². The fraction of sp³-hybridized carbons (Fsp3) is 0.250. The van der Waals surface area contributed by atoms with Gasteiger partial charge in [0.15, 0.2) is 0 Å². The molecule has 104 valence electrons. The quantitative estimate of drug-likeness (QED) is 0.916. The summed E-state index contributed by atoms with van der Waals surface area (Å²) in [5.74, 6) is 1.13. The second-order valence-corrected chi connectivity index (χ2v) is 5.77. The Labute approximate surface area is 126 Å². The molecule has 2 nitrogen and oxygen atoms in total. The molecule has 0 aromatic heterocycles. The predicted octanol–water partition coefficient (Wildman–Crippen LogP) is 3.85. The number of hydrogen-bond donors (Lipinski definition) is 1. The van der Waals surface area contributed by atoms with E-state index in [0.717, 1.165) is 22.3 Å². The first kappa shape index (κ1) is 13.6. The van der Waals surface area contributed by atoms with Crippen LogP contribution in [0.3, 0.4) is 0 Å². The van der Waals surface area contributed by atoms with E-state index in [1.54, 1.807) is 12.1 Å². The number of para-hydroxylation sites is 1. The lowest BCUT2D eigenvalue weighted by molar-refractivity contribution is 0.326. The molecule has 1 heterocycles. The lowest BCUT2D eigenvalue weighted by Crippen LogP contribution is -2.22. The molecule has 2 aromatic rings. The van der Waals surface area contributed by atoms with Crippen LogP contribution in [0.15, 0.2) is 46.9 Å². The molecule has 0 saturated carbocycles. The summed E-state index contributed by atoms with van der Waals surface area (Å²) in [6, 6.07) is 12.9. The van der Waals surface area contributed by atoms with Gasteiger partial charge in [0.2, 0.25) is 0 Å². The van der Waals surface area contributed by atoms with Gasteiger partial charge in [-0.3, -0.25) is 0 Å². The second-order valence-electron chi connectivity index (χ2n) is 4.91. The molecule has 4 heteroatoms. The van der Waals surface area contributed by atoms with Crippen molar-refractivity contribution in [2.45, 2.75) is 12.5 Å². The summed E-state index contributed by atoms with van der Waals surface area (Å²) in [4.78, 5) is 0. The van der Waals surface area contributed by atoms with Crippen LogP contribution in [0.4, 0.5) is 4.39 Å². The molecule has 1 unspecified atom stereocenters. The van der Waals surface area contributed by atoms with E-state index < -0.39 is 0 Å². The Morgan fingerprint density at radius 3 is 3.00 bits per heavy atom. The minimum absolute atomic E-state index is 0.209. The van der Waals surface area contributed by atoms with Gasteiger partial charge in [0, 0.05) is 29.0 Å². The Morgan fingerprint density at radius 1 is 1.25 bits per heavy atom. The van der Waals surface area contributed by atoms with Crippen molar-refractivity contribution in [3.05, 3.63) is 63.9 Å². The van der Waals surface area contributed by atoms with E-state index in [4.69, 9.17) is 4.74 Å². The molecule has 1 aliphatic heterocycles. The van der Waals surface area contributed by atoms with E-state index >= 15 is 0 Å². The zero-order valence-corrected chi connectivity index (χ0v) is 12.5. The van der Waals surface area contributed by atoms with Gasteiger partial charge in [0.25, 0.3) is 0 Å². The van der Waals surface area contributed by atoms with Crippen LogP contribution in [0.25, 0.3) is 0 Å². The summed E-state index contributed by atoms with van der Waals surface area (Å²) >= 11 is 3.44. The van der Waals surface area contributed by atoms with Crippen LogP contribution in [-0.4, -0.2) is 13.2 Å². The number of ether oxygens (including phenoxy) is 1. The van der Waals surface area contributed by atoms with Gasteiger partial charge in [0.05, 0.1) is 6.61 Å². The van der Waals surface area contributed by atoms with Crippen molar-refractivity contribution >= 4 is 15.9 Å².